The molecule has 5 aromatic rings. The van der Waals surface area contributed by atoms with Crippen LogP contribution in [-0.4, -0.2) is 104 Å². The number of amides is 2. The average molecular weight is 971 g/mol. The van der Waals surface area contributed by atoms with Crippen LogP contribution in [0.4, 0.5) is 0 Å². The van der Waals surface area contributed by atoms with E-state index in [-0.39, 0.29) is 45.4 Å². The van der Waals surface area contributed by atoms with Crippen molar-refractivity contribution in [3.63, 3.8) is 0 Å². The van der Waals surface area contributed by atoms with Gasteiger partial charge in [0.05, 0.1) is 50.7 Å². The standard InChI is InChI=1S/C56H62N2O13/c1-35-18-17-19-36(2)47(35)54(62)66-32-43(61)28-44-48(57-37(3)59)52(64-30-40-22-11-6-12-23-40)50(45(68-44)33-63-29-39-20-9-5-10-21-39)71-56-49(58-38(4)60)53(65-31-41-24-13-7-14-25-41)51-46(69-56)34-67-55(70-51)42-26-15-8-16-27-42/h5-27,44-46,48-53,55-56H,28-34H2,1-4H3,(H,57,59)(H,58,60)/t44-,45+,46+,48-,49+,50+,51+,52+,53+,55+,56-/m0/s1. The molecule has 2 N–H and O–H groups in total. The van der Waals surface area contributed by atoms with Gasteiger partial charge in [0.1, 0.15) is 49.3 Å². The van der Waals surface area contributed by atoms with Gasteiger partial charge in [-0.05, 0) is 41.7 Å². The van der Waals surface area contributed by atoms with Crippen molar-refractivity contribution in [3.05, 3.63) is 178 Å². The summed E-state index contributed by atoms with van der Waals surface area (Å²) in [6.45, 7) is 6.31. The largest absolute Gasteiger partial charge is 0.454 e. The number of carbonyl (C=O) groups is 4. The zero-order valence-electron chi connectivity index (χ0n) is 40.4. The normalized spacial score (nSPS) is 26.1. The summed E-state index contributed by atoms with van der Waals surface area (Å²) in [5, 5.41) is 6.07. The Hall–Kier alpha value is -6.14. The maximum Gasteiger partial charge on any atom is 0.339 e. The molecule has 3 aliphatic heterocycles. The zero-order chi connectivity index (χ0) is 49.7. The van der Waals surface area contributed by atoms with E-state index in [2.05, 4.69) is 10.6 Å². The van der Waals surface area contributed by atoms with Gasteiger partial charge < -0.3 is 53.3 Å². The van der Waals surface area contributed by atoms with Gasteiger partial charge in [0, 0.05) is 25.8 Å². The Morgan fingerprint density at radius 3 is 1.73 bits per heavy atom. The van der Waals surface area contributed by atoms with Crippen molar-refractivity contribution in [1.29, 1.82) is 0 Å². The minimum absolute atomic E-state index is 0.0632. The van der Waals surface area contributed by atoms with Crippen LogP contribution in [0.5, 0.6) is 0 Å². The van der Waals surface area contributed by atoms with E-state index >= 15 is 0 Å². The van der Waals surface area contributed by atoms with Crippen molar-refractivity contribution in [2.24, 2.45) is 0 Å². The third kappa shape index (κ3) is 13.6. The van der Waals surface area contributed by atoms with E-state index in [0.29, 0.717) is 5.56 Å². The van der Waals surface area contributed by atoms with Gasteiger partial charge in [-0.25, -0.2) is 4.79 Å². The van der Waals surface area contributed by atoms with E-state index in [1.54, 1.807) is 26.0 Å². The van der Waals surface area contributed by atoms with Crippen LogP contribution < -0.4 is 10.6 Å². The van der Waals surface area contributed by atoms with Gasteiger partial charge in [0.15, 0.2) is 18.4 Å². The van der Waals surface area contributed by atoms with E-state index in [1.165, 1.54) is 13.8 Å². The Morgan fingerprint density at radius 2 is 1.14 bits per heavy atom. The summed E-state index contributed by atoms with van der Waals surface area (Å²) in [6.07, 6.45) is -8.69. The van der Waals surface area contributed by atoms with Crippen LogP contribution >= 0.6 is 0 Å². The second-order valence-electron chi connectivity index (χ2n) is 18.1. The molecule has 3 fully saturated rings. The molecule has 0 aliphatic carbocycles. The highest BCUT2D eigenvalue weighted by atomic mass is 16.8. The smallest absolute Gasteiger partial charge is 0.339 e. The lowest BCUT2D eigenvalue weighted by Crippen LogP contribution is -2.70. The van der Waals surface area contributed by atoms with Gasteiger partial charge in [-0.2, -0.15) is 0 Å². The van der Waals surface area contributed by atoms with E-state index in [1.807, 2.05) is 127 Å². The van der Waals surface area contributed by atoms with Crippen LogP contribution in [-0.2, 0) is 76.8 Å². The summed E-state index contributed by atoms with van der Waals surface area (Å²) in [6, 6.07) is 41.8. The summed E-state index contributed by atoms with van der Waals surface area (Å²) in [7, 11) is 0. The maximum absolute atomic E-state index is 14.0. The van der Waals surface area contributed by atoms with Crippen molar-refractivity contribution in [2.75, 3.05) is 19.8 Å². The Kier molecular flexibility index (Phi) is 17.9. The predicted molar refractivity (Wildman–Crippen MR) is 259 cm³/mol. The van der Waals surface area contributed by atoms with Crippen LogP contribution in [0.2, 0.25) is 0 Å². The molecule has 3 aliphatic rings. The molecule has 11 atom stereocenters. The van der Waals surface area contributed by atoms with E-state index in [0.717, 1.165) is 33.4 Å². The number of esters is 1. The summed E-state index contributed by atoms with van der Waals surface area (Å²) >= 11 is 0. The summed E-state index contributed by atoms with van der Waals surface area (Å²) in [5.74, 6) is -1.87. The molecule has 15 nitrogen and oxygen atoms in total. The highest BCUT2D eigenvalue weighted by molar-refractivity contribution is 5.94. The van der Waals surface area contributed by atoms with Gasteiger partial charge in [-0.3, -0.25) is 14.4 Å². The first-order valence-corrected chi connectivity index (χ1v) is 24.0. The van der Waals surface area contributed by atoms with Crippen LogP contribution in [0.15, 0.2) is 140 Å². The molecule has 5 aromatic carbocycles. The predicted octanol–water partition coefficient (Wildman–Crippen LogP) is 6.81. The molecule has 3 saturated heterocycles. The number of benzene rings is 5. The molecule has 71 heavy (non-hydrogen) atoms. The number of nitrogens with one attached hydrogen (secondary N) is 2. The lowest BCUT2D eigenvalue weighted by molar-refractivity contribution is -0.365. The van der Waals surface area contributed by atoms with E-state index in [4.69, 9.17) is 42.6 Å². The molecular weight excluding hydrogens is 909 g/mol. The minimum Gasteiger partial charge on any atom is -0.454 e. The van der Waals surface area contributed by atoms with Crippen molar-refractivity contribution in [1.82, 2.24) is 10.6 Å². The number of ether oxygens (including phenoxy) is 9. The highest BCUT2D eigenvalue weighted by Crippen LogP contribution is 2.38. The maximum atomic E-state index is 14.0. The molecule has 0 spiro atoms. The van der Waals surface area contributed by atoms with Crippen LogP contribution in [0.25, 0.3) is 0 Å². The highest BCUT2D eigenvalue weighted by Gasteiger charge is 2.55. The number of ketones is 1. The van der Waals surface area contributed by atoms with Crippen molar-refractivity contribution >= 4 is 23.6 Å². The average Bonchev–Trinajstić information content (AvgIpc) is 3.37. The molecule has 3 heterocycles. The van der Waals surface area contributed by atoms with Gasteiger partial charge in [-0.15, -0.1) is 0 Å². The zero-order valence-corrected chi connectivity index (χ0v) is 40.4. The molecule has 8 rings (SSSR count). The summed E-state index contributed by atoms with van der Waals surface area (Å²) in [5.41, 5.74) is 5.26. The lowest BCUT2D eigenvalue weighted by Gasteiger charge is -2.52. The first kappa shape index (κ1) is 51.2. The summed E-state index contributed by atoms with van der Waals surface area (Å²) < 4.78 is 59.4. The van der Waals surface area contributed by atoms with Gasteiger partial charge >= 0.3 is 5.97 Å². The third-order valence-corrected chi connectivity index (χ3v) is 12.7. The molecule has 374 valence electrons. The number of rotatable bonds is 20. The van der Waals surface area contributed by atoms with Gasteiger partial charge in [0.25, 0.3) is 0 Å². The Labute approximate surface area is 414 Å². The van der Waals surface area contributed by atoms with Crippen LogP contribution in [0.1, 0.15) is 70.3 Å². The molecule has 0 unspecified atom stereocenters. The first-order chi connectivity index (χ1) is 34.5. The van der Waals surface area contributed by atoms with Crippen molar-refractivity contribution < 1.29 is 61.8 Å². The SMILES string of the molecule is CC(=O)N[C@@H]1[C@@H](OCc2ccccc2)[C@H](O[C@@H]2O[C@@H]3CO[C@@H](c4ccccc4)O[C@H]3[C@H](OCc3ccccc3)[C@H]2NC(C)=O)[C@@H](COCc2ccccc2)O[C@H]1CC(=O)COC(=O)c1c(C)cccc1C. The molecule has 2 amide bonds. The monoisotopic (exact) mass is 970 g/mol. The Morgan fingerprint density at radius 1 is 0.592 bits per heavy atom. The fourth-order valence-corrected chi connectivity index (χ4v) is 9.34. The number of fused-ring (bicyclic) bond motifs is 1. The molecular formula is C56H62N2O13. The molecule has 0 aromatic heterocycles. The van der Waals surface area contributed by atoms with Crippen LogP contribution in [0.3, 0.4) is 0 Å². The topological polar surface area (TPSA) is 175 Å². The second kappa shape index (κ2) is 24.8. The molecule has 0 radical (unpaired) electrons. The van der Waals surface area contributed by atoms with E-state index < -0.39 is 91.7 Å². The Balaban J connectivity index is 1.13. The summed E-state index contributed by atoms with van der Waals surface area (Å²) in [4.78, 5) is 53.8. The van der Waals surface area contributed by atoms with Gasteiger partial charge in [-0.1, -0.05) is 140 Å². The minimum atomic E-state index is -1.24. The van der Waals surface area contributed by atoms with Crippen molar-refractivity contribution in [2.45, 2.75) is 121 Å². The molecule has 0 bridgehead atoms. The molecule has 0 saturated carbocycles. The fourth-order valence-electron chi connectivity index (χ4n) is 9.34. The molecule has 15 heteroatoms. The first-order valence-electron chi connectivity index (χ1n) is 24.0. The third-order valence-electron chi connectivity index (χ3n) is 12.7. The van der Waals surface area contributed by atoms with Crippen LogP contribution in [0, 0.1) is 13.8 Å². The number of Topliss-reactive ketones (excluding diaryl/α,β-unsaturated/α-hetero) is 1. The van der Waals surface area contributed by atoms with E-state index in [9.17, 15) is 19.2 Å². The second-order valence-corrected chi connectivity index (χ2v) is 18.1. The Bertz CT molecular complexity index is 2500. The number of carbonyl (C=O) groups excluding carboxylic acids is 4. The quantitative estimate of drug-likeness (QED) is 0.0780. The fraction of sp³-hybridized carbons (Fsp3) is 0.393. The number of hydrogen-bond acceptors (Lipinski definition) is 13. The lowest BCUT2D eigenvalue weighted by atomic mass is 9.89. The number of hydrogen-bond donors (Lipinski definition) is 2. The van der Waals surface area contributed by atoms with Gasteiger partial charge in [0.2, 0.25) is 11.8 Å². The van der Waals surface area contributed by atoms with Crippen molar-refractivity contribution in [3.8, 4) is 0 Å². The number of aryl methyl sites for hydroxylation is 2.